The highest BCUT2D eigenvalue weighted by molar-refractivity contribution is 5.77. The van der Waals surface area contributed by atoms with E-state index < -0.39 is 5.60 Å². The molecule has 1 saturated carbocycles. The van der Waals surface area contributed by atoms with Gasteiger partial charge in [-0.05, 0) is 31.6 Å². The number of carbonyl (C=O) groups excluding carboxylic acids is 1. The largest absolute Gasteiger partial charge is 0.389 e. The Morgan fingerprint density at radius 1 is 1.35 bits per heavy atom. The number of aromatic nitrogens is 2. The molecule has 1 aliphatic heterocycles. The summed E-state index contributed by atoms with van der Waals surface area (Å²) in [7, 11) is 2.02. The predicted octanol–water partition coefficient (Wildman–Crippen LogP) is 2.29. The molecule has 1 N–H and O–H groups in total. The van der Waals surface area contributed by atoms with E-state index in [1.54, 1.807) is 0 Å². The van der Waals surface area contributed by atoms with Crippen LogP contribution in [-0.2, 0) is 18.3 Å². The van der Waals surface area contributed by atoms with Gasteiger partial charge in [0.1, 0.15) is 5.82 Å². The molecule has 2 heterocycles. The zero-order chi connectivity index (χ0) is 16.3. The van der Waals surface area contributed by atoms with Gasteiger partial charge in [-0.15, -0.1) is 0 Å². The van der Waals surface area contributed by atoms with Crippen molar-refractivity contribution in [3.05, 3.63) is 18.2 Å². The van der Waals surface area contributed by atoms with Gasteiger partial charge in [-0.1, -0.05) is 19.3 Å². The smallest absolute Gasteiger partial charge is 0.225 e. The minimum absolute atomic E-state index is 0.138. The van der Waals surface area contributed by atoms with Crippen molar-refractivity contribution in [3.63, 3.8) is 0 Å². The number of aliphatic hydroxyl groups is 1. The van der Waals surface area contributed by atoms with Gasteiger partial charge >= 0.3 is 0 Å². The molecule has 1 aromatic heterocycles. The Bertz CT molecular complexity index is 534. The second-order valence-corrected chi connectivity index (χ2v) is 7.47. The first-order valence-corrected chi connectivity index (χ1v) is 9.02. The van der Waals surface area contributed by atoms with Gasteiger partial charge in [0.2, 0.25) is 5.91 Å². The Morgan fingerprint density at radius 3 is 2.83 bits per heavy atom. The maximum absolute atomic E-state index is 12.6. The summed E-state index contributed by atoms with van der Waals surface area (Å²) in [6.45, 7) is 1.65. The van der Waals surface area contributed by atoms with Crippen molar-refractivity contribution in [2.45, 2.75) is 63.4 Å². The minimum atomic E-state index is -0.748. The SMILES string of the molecule is Cn1ccnc1CC1CCCN(C(=O)CC2(O)CCCCC2)C1. The number of hydrogen-bond acceptors (Lipinski definition) is 3. The molecule has 0 spiro atoms. The summed E-state index contributed by atoms with van der Waals surface area (Å²) < 4.78 is 2.06. The molecule has 1 aliphatic carbocycles. The van der Waals surface area contributed by atoms with Gasteiger partial charge in [-0.2, -0.15) is 0 Å². The van der Waals surface area contributed by atoms with Crippen LogP contribution in [0.5, 0.6) is 0 Å². The molecular weight excluding hydrogens is 290 g/mol. The van der Waals surface area contributed by atoms with E-state index in [-0.39, 0.29) is 5.91 Å². The summed E-state index contributed by atoms with van der Waals surface area (Å²) in [4.78, 5) is 19.0. The Labute approximate surface area is 138 Å². The zero-order valence-electron chi connectivity index (χ0n) is 14.2. The third kappa shape index (κ3) is 4.14. The molecule has 1 saturated heterocycles. The van der Waals surface area contributed by atoms with E-state index in [9.17, 15) is 9.90 Å². The first kappa shape index (κ1) is 16.5. The molecule has 128 valence electrons. The lowest BCUT2D eigenvalue weighted by molar-refractivity contribution is -0.139. The molecule has 0 aromatic carbocycles. The molecule has 5 nitrogen and oxygen atoms in total. The number of hydrogen-bond donors (Lipinski definition) is 1. The lowest BCUT2D eigenvalue weighted by Crippen LogP contribution is -2.45. The third-order valence-electron chi connectivity index (χ3n) is 5.53. The van der Waals surface area contributed by atoms with E-state index in [1.165, 1.54) is 6.42 Å². The molecule has 23 heavy (non-hydrogen) atoms. The standard InChI is InChI=1S/C18H29N3O2/c1-20-11-9-19-16(20)12-15-6-5-10-21(14-15)17(22)13-18(23)7-3-2-4-8-18/h9,11,15,23H,2-8,10,12-14H2,1H3. The van der Waals surface area contributed by atoms with Gasteiger partial charge in [0.05, 0.1) is 12.0 Å². The fraction of sp³-hybridized carbons (Fsp3) is 0.778. The Balaban J connectivity index is 1.55. The molecule has 0 bridgehead atoms. The zero-order valence-corrected chi connectivity index (χ0v) is 14.2. The quantitative estimate of drug-likeness (QED) is 0.926. The number of imidazole rings is 1. The first-order valence-electron chi connectivity index (χ1n) is 9.02. The van der Waals surface area contributed by atoms with Crippen LogP contribution in [0.1, 0.15) is 57.2 Å². The highest BCUT2D eigenvalue weighted by atomic mass is 16.3. The van der Waals surface area contributed by atoms with Crippen molar-refractivity contribution in [3.8, 4) is 0 Å². The highest BCUT2D eigenvalue weighted by Gasteiger charge is 2.34. The number of amides is 1. The van der Waals surface area contributed by atoms with Crippen LogP contribution in [0.25, 0.3) is 0 Å². The number of likely N-dealkylation sites (tertiary alicyclic amines) is 1. The second kappa shape index (κ2) is 7.04. The average Bonchev–Trinajstić information content (AvgIpc) is 2.93. The predicted molar refractivity (Wildman–Crippen MR) is 88.9 cm³/mol. The maximum Gasteiger partial charge on any atom is 0.225 e. The maximum atomic E-state index is 12.6. The summed E-state index contributed by atoms with van der Waals surface area (Å²) in [6, 6.07) is 0. The van der Waals surface area contributed by atoms with Crippen LogP contribution in [0.2, 0.25) is 0 Å². The second-order valence-electron chi connectivity index (χ2n) is 7.47. The number of carbonyl (C=O) groups is 1. The number of aryl methyl sites for hydroxylation is 1. The fourth-order valence-corrected chi connectivity index (χ4v) is 4.09. The van der Waals surface area contributed by atoms with E-state index >= 15 is 0 Å². The van der Waals surface area contributed by atoms with Crippen LogP contribution in [0.3, 0.4) is 0 Å². The molecule has 1 atom stereocenters. The van der Waals surface area contributed by atoms with Crippen molar-refractivity contribution >= 4 is 5.91 Å². The molecule has 5 heteroatoms. The molecular formula is C18H29N3O2. The van der Waals surface area contributed by atoms with Gasteiger partial charge in [-0.25, -0.2) is 4.98 Å². The van der Waals surface area contributed by atoms with E-state index in [1.807, 2.05) is 24.3 Å². The number of nitrogens with zero attached hydrogens (tertiary/aromatic N) is 3. The Hall–Kier alpha value is -1.36. The van der Waals surface area contributed by atoms with Gasteiger partial charge in [-0.3, -0.25) is 4.79 Å². The monoisotopic (exact) mass is 319 g/mol. The first-order chi connectivity index (χ1) is 11.1. The average molecular weight is 319 g/mol. The minimum Gasteiger partial charge on any atom is -0.389 e. The van der Waals surface area contributed by atoms with Crippen LogP contribution in [-0.4, -0.2) is 44.2 Å². The van der Waals surface area contributed by atoms with E-state index in [2.05, 4.69) is 9.55 Å². The van der Waals surface area contributed by atoms with Crippen LogP contribution in [0.4, 0.5) is 0 Å². The van der Waals surface area contributed by atoms with Gasteiger partial charge in [0, 0.05) is 39.0 Å². The Kier molecular flexibility index (Phi) is 5.05. The normalized spacial score (nSPS) is 24.6. The number of rotatable bonds is 4. The van der Waals surface area contributed by atoms with Crippen molar-refractivity contribution in [1.29, 1.82) is 0 Å². The summed E-state index contributed by atoms with van der Waals surface area (Å²) in [5, 5.41) is 10.6. The van der Waals surface area contributed by atoms with Crippen molar-refractivity contribution in [2.24, 2.45) is 13.0 Å². The number of piperidine rings is 1. The van der Waals surface area contributed by atoms with Gasteiger partial charge in [0.15, 0.2) is 0 Å². The van der Waals surface area contributed by atoms with Crippen LogP contribution in [0.15, 0.2) is 12.4 Å². The van der Waals surface area contributed by atoms with E-state index in [0.717, 1.165) is 63.9 Å². The topological polar surface area (TPSA) is 58.4 Å². The lowest BCUT2D eigenvalue weighted by Gasteiger charge is -2.37. The molecule has 3 rings (SSSR count). The molecule has 0 radical (unpaired) electrons. The summed E-state index contributed by atoms with van der Waals surface area (Å²) in [5.41, 5.74) is -0.748. The van der Waals surface area contributed by atoms with E-state index in [0.29, 0.717) is 12.3 Å². The summed E-state index contributed by atoms with van der Waals surface area (Å²) in [6.07, 6.45) is 12.1. The van der Waals surface area contributed by atoms with Crippen LogP contribution in [0, 0.1) is 5.92 Å². The summed E-state index contributed by atoms with van der Waals surface area (Å²) in [5.74, 6) is 1.71. The third-order valence-corrected chi connectivity index (χ3v) is 5.53. The lowest BCUT2D eigenvalue weighted by atomic mass is 9.82. The van der Waals surface area contributed by atoms with Crippen molar-refractivity contribution in [2.75, 3.05) is 13.1 Å². The fourth-order valence-electron chi connectivity index (χ4n) is 4.09. The van der Waals surface area contributed by atoms with Gasteiger partial charge in [0.25, 0.3) is 0 Å². The Morgan fingerprint density at radius 2 is 2.13 bits per heavy atom. The van der Waals surface area contributed by atoms with E-state index in [4.69, 9.17) is 0 Å². The summed E-state index contributed by atoms with van der Waals surface area (Å²) >= 11 is 0. The van der Waals surface area contributed by atoms with Gasteiger partial charge < -0.3 is 14.6 Å². The van der Waals surface area contributed by atoms with Crippen molar-refractivity contribution < 1.29 is 9.90 Å². The van der Waals surface area contributed by atoms with Crippen LogP contribution >= 0.6 is 0 Å². The van der Waals surface area contributed by atoms with Crippen molar-refractivity contribution in [1.82, 2.24) is 14.5 Å². The molecule has 2 fully saturated rings. The highest BCUT2D eigenvalue weighted by Crippen LogP contribution is 2.32. The van der Waals surface area contributed by atoms with Crippen LogP contribution < -0.4 is 0 Å². The molecule has 1 aromatic rings. The molecule has 1 amide bonds. The molecule has 2 aliphatic rings. The molecule has 1 unspecified atom stereocenters.